The molecule has 2 aliphatic rings. The lowest BCUT2D eigenvalue weighted by atomic mass is 9.90. The Balaban J connectivity index is 1.64. The summed E-state index contributed by atoms with van der Waals surface area (Å²) in [5.74, 6) is 1.22. The molecule has 2 aromatic heterocycles. The second kappa shape index (κ2) is 9.88. The van der Waals surface area contributed by atoms with Crippen LogP contribution in [0.5, 0.6) is 0 Å². The molecule has 0 radical (unpaired) electrons. The first-order valence-electron chi connectivity index (χ1n) is 11.9. The van der Waals surface area contributed by atoms with E-state index in [1.54, 1.807) is 0 Å². The highest BCUT2D eigenvalue weighted by atomic mass is 15.2. The Morgan fingerprint density at radius 2 is 2.17 bits per heavy atom. The predicted octanol–water partition coefficient (Wildman–Crippen LogP) is 4.79. The Morgan fingerprint density at radius 3 is 3.00 bits per heavy atom. The van der Waals surface area contributed by atoms with Gasteiger partial charge in [0.05, 0.1) is 29.7 Å². The summed E-state index contributed by atoms with van der Waals surface area (Å²) in [6.45, 7) is 8.20. The zero-order valence-electron chi connectivity index (χ0n) is 18.7. The number of hydrogen-bond acceptors (Lipinski definition) is 4. The number of unbranched alkanes of at least 4 members (excludes halogenated alkanes) is 1. The number of aromatic nitrogens is 3. The number of imidazole rings is 1. The van der Waals surface area contributed by atoms with Gasteiger partial charge < -0.3 is 10.3 Å². The number of aryl methyl sites for hydroxylation is 2. The summed E-state index contributed by atoms with van der Waals surface area (Å²) in [4.78, 5) is 12.5. The van der Waals surface area contributed by atoms with E-state index in [0.29, 0.717) is 6.04 Å². The number of hydrogen-bond donors (Lipinski definition) is 1. The largest absolute Gasteiger partial charge is 0.330 e. The molecule has 1 aliphatic carbocycles. The summed E-state index contributed by atoms with van der Waals surface area (Å²) in [5, 5.41) is 0. The van der Waals surface area contributed by atoms with Crippen LogP contribution in [0.1, 0.15) is 86.4 Å². The number of rotatable bonds is 8. The van der Waals surface area contributed by atoms with Gasteiger partial charge in [-0.25, -0.2) is 4.98 Å². The summed E-state index contributed by atoms with van der Waals surface area (Å²) >= 11 is 0. The van der Waals surface area contributed by atoms with Gasteiger partial charge in [0.25, 0.3) is 0 Å². The zero-order valence-corrected chi connectivity index (χ0v) is 18.7. The van der Waals surface area contributed by atoms with Gasteiger partial charge in [0.2, 0.25) is 0 Å². The van der Waals surface area contributed by atoms with Gasteiger partial charge in [0, 0.05) is 12.7 Å². The molecular formula is C25H37N5. The number of fused-ring (bicyclic) bond motifs is 2. The van der Waals surface area contributed by atoms with Crippen molar-refractivity contribution in [2.75, 3.05) is 13.1 Å². The van der Waals surface area contributed by atoms with Gasteiger partial charge >= 0.3 is 0 Å². The van der Waals surface area contributed by atoms with Crippen molar-refractivity contribution in [2.24, 2.45) is 5.73 Å². The lowest BCUT2D eigenvalue weighted by molar-refractivity contribution is 0.156. The molecule has 162 valence electrons. The molecule has 0 spiro atoms. The Bertz CT molecular complexity index is 882. The van der Waals surface area contributed by atoms with Crippen molar-refractivity contribution < 1.29 is 0 Å². The van der Waals surface area contributed by atoms with Gasteiger partial charge in [-0.3, -0.25) is 9.88 Å². The average molecular weight is 408 g/mol. The number of pyridine rings is 1. The van der Waals surface area contributed by atoms with Crippen molar-refractivity contribution in [1.82, 2.24) is 19.4 Å². The minimum Gasteiger partial charge on any atom is -0.330 e. The molecule has 3 heterocycles. The quantitative estimate of drug-likeness (QED) is 0.639. The first kappa shape index (κ1) is 21.3. The first-order chi connectivity index (χ1) is 14.7. The number of allylic oxidation sites excluding steroid dienone is 2. The van der Waals surface area contributed by atoms with Crippen LogP contribution in [0.3, 0.4) is 0 Å². The van der Waals surface area contributed by atoms with Gasteiger partial charge in [-0.05, 0) is 88.6 Å². The summed E-state index contributed by atoms with van der Waals surface area (Å²) in [5.41, 5.74) is 12.6. The van der Waals surface area contributed by atoms with Gasteiger partial charge in [-0.2, -0.15) is 0 Å². The van der Waals surface area contributed by atoms with Gasteiger partial charge in [0.1, 0.15) is 5.82 Å². The molecule has 5 nitrogen and oxygen atoms in total. The van der Waals surface area contributed by atoms with Crippen LogP contribution in [0.25, 0.3) is 5.57 Å². The third kappa shape index (κ3) is 4.37. The maximum atomic E-state index is 5.81. The fourth-order valence-electron chi connectivity index (χ4n) is 5.32. The fraction of sp³-hybridized carbons (Fsp3) is 0.600. The normalized spacial score (nSPS) is 19.9. The first-order valence-corrected chi connectivity index (χ1v) is 11.9. The summed E-state index contributed by atoms with van der Waals surface area (Å²) < 4.78 is 2.50. The second-order valence-corrected chi connectivity index (χ2v) is 8.78. The van der Waals surface area contributed by atoms with Crippen molar-refractivity contribution in [3.05, 3.63) is 52.9 Å². The average Bonchev–Trinajstić information content (AvgIpc) is 3.09. The van der Waals surface area contributed by atoms with Crippen molar-refractivity contribution in [3.8, 4) is 0 Å². The maximum absolute atomic E-state index is 5.81. The van der Waals surface area contributed by atoms with Crippen molar-refractivity contribution in [2.45, 2.75) is 84.3 Å². The number of nitrogens with zero attached hydrogens (tertiary/aromatic N) is 4. The van der Waals surface area contributed by atoms with E-state index >= 15 is 0 Å². The lowest BCUT2D eigenvalue weighted by Gasteiger charge is -2.35. The molecule has 30 heavy (non-hydrogen) atoms. The summed E-state index contributed by atoms with van der Waals surface area (Å²) in [6.07, 6.45) is 13.6. The molecular weight excluding hydrogens is 370 g/mol. The Hall–Kier alpha value is -1.98. The topological polar surface area (TPSA) is 60.0 Å². The highest BCUT2D eigenvalue weighted by molar-refractivity contribution is 5.66. The molecule has 4 rings (SSSR count). The van der Waals surface area contributed by atoms with E-state index in [0.717, 1.165) is 51.9 Å². The summed E-state index contributed by atoms with van der Waals surface area (Å²) in [7, 11) is 0. The smallest absolute Gasteiger partial charge is 0.123 e. The van der Waals surface area contributed by atoms with E-state index in [1.807, 2.05) is 6.20 Å². The molecule has 1 atom stereocenters. The molecule has 0 aromatic carbocycles. The Kier molecular flexibility index (Phi) is 7.00. The highest BCUT2D eigenvalue weighted by Crippen LogP contribution is 2.35. The van der Waals surface area contributed by atoms with Crippen LogP contribution < -0.4 is 5.73 Å². The molecule has 1 unspecified atom stereocenters. The van der Waals surface area contributed by atoms with Gasteiger partial charge in [-0.15, -0.1) is 0 Å². The van der Waals surface area contributed by atoms with Crippen molar-refractivity contribution >= 4 is 5.57 Å². The van der Waals surface area contributed by atoms with Crippen LogP contribution in [0.4, 0.5) is 0 Å². The third-order valence-corrected chi connectivity index (χ3v) is 6.65. The minimum absolute atomic E-state index is 0.384. The predicted molar refractivity (Wildman–Crippen MR) is 123 cm³/mol. The molecule has 0 amide bonds. The van der Waals surface area contributed by atoms with Crippen molar-refractivity contribution in [1.29, 1.82) is 0 Å². The zero-order chi connectivity index (χ0) is 20.9. The fourth-order valence-corrected chi connectivity index (χ4v) is 5.32. The van der Waals surface area contributed by atoms with E-state index in [4.69, 9.17) is 15.7 Å². The molecule has 0 saturated heterocycles. The molecule has 0 saturated carbocycles. The van der Waals surface area contributed by atoms with Crippen molar-refractivity contribution in [3.63, 3.8) is 0 Å². The SMILES string of the molecule is CC/C=C1/CCCn2c(CN(CCCCN)C3CCCc4cccnc43)nc(C)c21. The van der Waals surface area contributed by atoms with Crippen LogP contribution in [0, 0.1) is 6.92 Å². The van der Waals surface area contributed by atoms with E-state index < -0.39 is 0 Å². The van der Waals surface area contributed by atoms with E-state index in [9.17, 15) is 0 Å². The van der Waals surface area contributed by atoms with Crippen LogP contribution in [-0.4, -0.2) is 32.5 Å². The van der Waals surface area contributed by atoms with Crippen LogP contribution >= 0.6 is 0 Å². The molecule has 2 aromatic rings. The molecule has 0 bridgehead atoms. The van der Waals surface area contributed by atoms with Crippen LogP contribution in [-0.2, 0) is 19.5 Å². The Morgan fingerprint density at radius 1 is 1.27 bits per heavy atom. The molecule has 1 aliphatic heterocycles. The standard InChI is InChI=1S/C25H37N5/c1-3-9-21-12-8-17-30-23(28-19(2)25(21)30)18-29(16-5-4-14-26)22-13-6-10-20-11-7-15-27-24(20)22/h7,9,11,15,22H,3-6,8,10,12-14,16-18,26H2,1-2H3/b21-9-. The van der Waals surface area contributed by atoms with Gasteiger partial charge in [-0.1, -0.05) is 19.1 Å². The van der Waals surface area contributed by atoms with E-state index in [-0.39, 0.29) is 0 Å². The maximum Gasteiger partial charge on any atom is 0.123 e. The summed E-state index contributed by atoms with van der Waals surface area (Å²) in [6, 6.07) is 4.72. The minimum atomic E-state index is 0.384. The Labute approximate surface area is 181 Å². The van der Waals surface area contributed by atoms with Crippen LogP contribution in [0.2, 0.25) is 0 Å². The van der Waals surface area contributed by atoms with E-state index in [1.165, 1.54) is 59.7 Å². The van der Waals surface area contributed by atoms with Gasteiger partial charge in [0.15, 0.2) is 0 Å². The van der Waals surface area contributed by atoms with E-state index in [2.05, 4.69) is 41.5 Å². The second-order valence-electron chi connectivity index (χ2n) is 8.78. The third-order valence-electron chi connectivity index (χ3n) is 6.65. The molecule has 2 N–H and O–H groups in total. The highest BCUT2D eigenvalue weighted by Gasteiger charge is 2.29. The number of nitrogens with two attached hydrogens (primary N) is 1. The van der Waals surface area contributed by atoms with Crippen LogP contribution in [0.15, 0.2) is 24.4 Å². The monoisotopic (exact) mass is 407 g/mol. The lowest BCUT2D eigenvalue weighted by Crippen LogP contribution is -2.34. The molecule has 0 fully saturated rings. The molecule has 5 heteroatoms.